The summed E-state index contributed by atoms with van der Waals surface area (Å²) in [4.78, 5) is 15.1. The Labute approximate surface area is 146 Å². The van der Waals surface area contributed by atoms with Crippen molar-refractivity contribution in [2.24, 2.45) is 0 Å². The first-order valence-corrected chi connectivity index (χ1v) is 8.21. The monoisotopic (exact) mass is 338 g/mol. The van der Waals surface area contributed by atoms with E-state index in [0.717, 1.165) is 34.1 Å². The number of carbonyl (C=O) groups excluding carboxylic acids is 1. The van der Waals surface area contributed by atoms with Crippen molar-refractivity contribution in [2.45, 2.75) is 19.3 Å². The van der Waals surface area contributed by atoms with Gasteiger partial charge in [-0.2, -0.15) is 0 Å². The van der Waals surface area contributed by atoms with Gasteiger partial charge in [-0.25, -0.2) is 4.79 Å². The molecule has 3 rings (SSSR count). The molecule has 0 radical (unpaired) electrons. The van der Waals surface area contributed by atoms with Crippen LogP contribution in [0.2, 0.25) is 0 Å². The predicted octanol–water partition coefficient (Wildman–Crippen LogP) is 4.09. The highest BCUT2D eigenvalue weighted by Gasteiger charge is 2.21. The Morgan fingerprint density at radius 3 is 2.64 bits per heavy atom. The highest BCUT2D eigenvalue weighted by atomic mass is 16.5. The molecule has 0 amide bonds. The molecule has 1 heterocycles. The number of hydrogen-bond donors (Lipinski definition) is 2. The summed E-state index contributed by atoms with van der Waals surface area (Å²) in [6.45, 7) is 2.13. The van der Waals surface area contributed by atoms with Crippen LogP contribution in [0.25, 0.3) is 10.9 Å². The lowest BCUT2D eigenvalue weighted by molar-refractivity contribution is 0.0600. The Kier molecular flexibility index (Phi) is 4.65. The van der Waals surface area contributed by atoms with Crippen LogP contribution < -0.4 is 10.5 Å². The average molecular weight is 338 g/mol. The lowest BCUT2D eigenvalue weighted by atomic mass is 9.87. The van der Waals surface area contributed by atoms with Gasteiger partial charge in [0.2, 0.25) is 0 Å². The minimum absolute atomic E-state index is 0.122. The first-order valence-electron chi connectivity index (χ1n) is 8.21. The van der Waals surface area contributed by atoms with Crippen molar-refractivity contribution in [3.8, 4) is 5.75 Å². The highest BCUT2D eigenvalue weighted by molar-refractivity contribution is 5.90. The van der Waals surface area contributed by atoms with Gasteiger partial charge < -0.3 is 20.2 Å². The van der Waals surface area contributed by atoms with E-state index in [1.54, 1.807) is 19.2 Å². The van der Waals surface area contributed by atoms with Gasteiger partial charge in [0, 0.05) is 34.3 Å². The summed E-state index contributed by atoms with van der Waals surface area (Å²) >= 11 is 0. The zero-order valence-corrected chi connectivity index (χ0v) is 14.6. The summed E-state index contributed by atoms with van der Waals surface area (Å²) < 4.78 is 10.3. The number of aromatic amines is 1. The molecule has 130 valence electrons. The molecule has 0 aliphatic heterocycles. The van der Waals surface area contributed by atoms with Gasteiger partial charge in [0.15, 0.2) is 0 Å². The van der Waals surface area contributed by atoms with E-state index in [1.165, 1.54) is 7.11 Å². The van der Waals surface area contributed by atoms with Gasteiger partial charge in [-0.1, -0.05) is 13.0 Å². The maximum atomic E-state index is 11.8. The number of rotatable bonds is 5. The molecule has 3 N–H and O–H groups in total. The maximum absolute atomic E-state index is 11.8. The second-order valence-corrected chi connectivity index (χ2v) is 5.96. The number of nitrogens with two attached hydrogens (primary N) is 1. The number of nitrogen functional groups attached to an aromatic ring is 1. The second-order valence-electron chi connectivity index (χ2n) is 5.96. The molecule has 0 fully saturated rings. The molecule has 1 aromatic heterocycles. The van der Waals surface area contributed by atoms with Crippen LogP contribution in [0.3, 0.4) is 0 Å². The number of H-pyrrole nitrogens is 1. The standard InChI is InChI=1S/C20H22N2O3/c1-4-14(17-11-22-18-8-6-13(21)10-16(17)18)15-7-5-12(20(23)25-3)9-19(15)24-2/h5-11,14,22H,4,21H2,1-3H3. The minimum atomic E-state index is -0.377. The summed E-state index contributed by atoms with van der Waals surface area (Å²) in [5, 5.41) is 1.10. The third-order valence-electron chi connectivity index (χ3n) is 4.55. The SMILES string of the molecule is CCC(c1ccc(C(=O)OC)cc1OC)c1c[nH]c2ccc(N)cc12. The fourth-order valence-electron chi connectivity index (χ4n) is 3.30. The van der Waals surface area contributed by atoms with Crippen molar-refractivity contribution >= 4 is 22.6 Å². The normalized spacial score (nSPS) is 12.1. The molecule has 1 unspecified atom stereocenters. The Morgan fingerprint density at radius 2 is 1.96 bits per heavy atom. The van der Waals surface area contributed by atoms with Crippen molar-refractivity contribution < 1.29 is 14.3 Å². The number of fused-ring (bicyclic) bond motifs is 1. The van der Waals surface area contributed by atoms with E-state index in [9.17, 15) is 4.79 Å². The molecule has 5 heteroatoms. The van der Waals surface area contributed by atoms with Crippen molar-refractivity contribution in [3.63, 3.8) is 0 Å². The molecule has 0 saturated heterocycles. The lowest BCUT2D eigenvalue weighted by Gasteiger charge is -2.19. The van der Waals surface area contributed by atoms with Crippen molar-refractivity contribution in [1.29, 1.82) is 0 Å². The van der Waals surface area contributed by atoms with Crippen LogP contribution in [0.5, 0.6) is 5.75 Å². The van der Waals surface area contributed by atoms with Gasteiger partial charge >= 0.3 is 5.97 Å². The largest absolute Gasteiger partial charge is 0.496 e. The van der Waals surface area contributed by atoms with Crippen molar-refractivity contribution in [3.05, 3.63) is 59.3 Å². The highest BCUT2D eigenvalue weighted by Crippen LogP contribution is 2.38. The molecule has 0 bridgehead atoms. The number of ether oxygens (including phenoxy) is 2. The molecular weight excluding hydrogens is 316 g/mol. The molecule has 3 aromatic rings. The van der Waals surface area contributed by atoms with Crippen LogP contribution >= 0.6 is 0 Å². The van der Waals surface area contributed by atoms with Crippen LogP contribution in [0.1, 0.15) is 40.7 Å². The van der Waals surface area contributed by atoms with Crippen molar-refractivity contribution in [2.75, 3.05) is 20.0 Å². The quantitative estimate of drug-likeness (QED) is 0.543. The topological polar surface area (TPSA) is 77.3 Å². The minimum Gasteiger partial charge on any atom is -0.496 e. The summed E-state index contributed by atoms with van der Waals surface area (Å²) in [5.41, 5.74) is 10.4. The number of hydrogen-bond acceptors (Lipinski definition) is 4. The van der Waals surface area contributed by atoms with Crippen molar-refractivity contribution in [1.82, 2.24) is 4.98 Å². The van der Waals surface area contributed by atoms with Gasteiger partial charge in [-0.05, 0) is 42.3 Å². The first kappa shape index (κ1) is 16.9. The van der Waals surface area contributed by atoms with E-state index < -0.39 is 0 Å². The molecule has 5 nitrogen and oxygen atoms in total. The van der Waals surface area contributed by atoms with E-state index in [-0.39, 0.29) is 11.9 Å². The number of aromatic nitrogens is 1. The van der Waals surface area contributed by atoms with E-state index in [4.69, 9.17) is 15.2 Å². The molecule has 0 spiro atoms. The van der Waals surface area contributed by atoms with Crippen LogP contribution in [0.15, 0.2) is 42.6 Å². The van der Waals surface area contributed by atoms with E-state index >= 15 is 0 Å². The maximum Gasteiger partial charge on any atom is 0.337 e. The fourth-order valence-corrected chi connectivity index (χ4v) is 3.30. The van der Waals surface area contributed by atoms with Gasteiger partial charge in [-0.3, -0.25) is 0 Å². The summed E-state index contributed by atoms with van der Waals surface area (Å²) in [6.07, 6.45) is 2.90. The number of nitrogens with one attached hydrogen (secondary N) is 1. The second kappa shape index (κ2) is 6.89. The Bertz CT molecular complexity index is 914. The number of carbonyl (C=O) groups is 1. The Balaban J connectivity index is 2.11. The Morgan fingerprint density at radius 1 is 1.16 bits per heavy atom. The van der Waals surface area contributed by atoms with E-state index in [2.05, 4.69) is 11.9 Å². The molecule has 0 saturated carbocycles. The Hall–Kier alpha value is -2.95. The summed E-state index contributed by atoms with van der Waals surface area (Å²) in [7, 11) is 2.98. The summed E-state index contributed by atoms with van der Waals surface area (Å²) in [6, 6.07) is 11.3. The number of esters is 1. The molecule has 0 aliphatic rings. The number of anilines is 1. The van der Waals surface area contributed by atoms with Gasteiger partial charge in [0.05, 0.1) is 19.8 Å². The zero-order valence-electron chi connectivity index (χ0n) is 14.6. The first-order chi connectivity index (χ1) is 12.1. The van der Waals surface area contributed by atoms with E-state index in [0.29, 0.717) is 11.3 Å². The third-order valence-corrected chi connectivity index (χ3v) is 4.55. The smallest absolute Gasteiger partial charge is 0.337 e. The number of benzene rings is 2. The fraction of sp³-hybridized carbons (Fsp3) is 0.250. The summed E-state index contributed by atoms with van der Waals surface area (Å²) in [5.74, 6) is 0.419. The van der Waals surface area contributed by atoms with Gasteiger partial charge in [-0.15, -0.1) is 0 Å². The molecular formula is C20H22N2O3. The van der Waals surface area contributed by atoms with Crippen LogP contribution in [-0.4, -0.2) is 25.2 Å². The molecule has 25 heavy (non-hydrogen) atoms. The predicted molar refractivity (Wildman–Crippen MR) is 99.2 cm³/mol. The molecule has 1 atom stereocenters. The third kappa shape index (κ3) is 3.05. The van der Waals surface area contributed by atoms with Crippen LogP contribution in [-0.2, 0) is 4.74 Å². The lowest BCUT2D eigenvalue weighted by Crippen LogP contribution is -2.06. The molecule has 2 aromatic carbocycles. The number of methoxy groups -OCH3 is 2. The van der Waals surface area contributed by atoms with Gasteiger partial charge in [0.1, 0.15) is 5.75 Å². The van der Waals surface area contributed by atoms with Crippen LogP contribution in [0.4, 0.5) is 5.69 Å². The van der Waals surface area contributed by atoms with E-state index in [1.807, 2.05) is 30.5 Å². The zero-order chi connectivity index (χ0) is 18.0. The van der Waals surface area contributed by atoms with Crippen LogP contribution in [0, 0.1) is 0 Å². The van der Waals surface area contributed by atoms with Gasteiger partial charge in [0.25, 0.3) is 0 Å². The average Bonchev–Trinajstić information content (AvgIpc) is 3.04. The molecule has 0 aliphatic carbocycles.